The molecule has 2 heterocycles. The van der Waals surface area contributed by atoms with Crippen molar-refractivity contribution in [2.75, 3.05) is 20.2 Å². The number of carbonyl (C=O) groups excluding carboxylic acids is 1. The fraction of sp³-hybridized carbons (Fsp3) is 0.375. The Morgan fingerprint density at radius 1 is 1.12 bits per heavy atom. The second-order valence-corrected chi connectivity index (χ2v) is 10.1. The standard InChI is InChI=1S/C24H28N4O5S/c1-32-20-10-12-21(13-11-20)34(30,31)28-16-14-19(15-17-28)25-22(29)8-5-9-23-26-24(27-33-23)18-6-3-2-4-7-18/h2-4,6-7,10-13,19H,5,8-9,14-17H2,1H3,(H,25,29). The minimum Gasteiger partial charge on any atom is -0.497 e. The van der Waals surface area contributed by atoms with E-state index < -0.39 is 10.0 Å². The molecule has 1 fully saturated rings. The van der Waals surface area contributed by atoms with Gasteiger partial charge in [-0.1, -0.05) is 35.5 Å². The molecule has 1 N–H and O–H groups in total. The maximum atomic E-state index is 12.9. The fourth-order valence-electron chi connectivity index (χ4n) is 3.90. The van der Waals surface area contributed by atoms with E-state index in [-0.39, 0.29) is 16.8 Å². The first-order valence-electron chi connectivity index (χ1n) is 11.3. The van der Waals surface area contributed by atoms with Crippen LogP contribution in [-0.2, 0) is 21.2 Å². The van der Waals surface area contributed by atoms with Crippen molar-refractivity contribution in [3.63, 3.8) is 0 Å². The van der Waals surface area contributed by atoms with Gasteiger partial charge in [-0.2, -0.15) is 9.29 Å². The molecule has 0 unspecified atom stereocenters. The van der Waals surface area contributed by atoms with Crippen LogP contribution in [0.3, 0.4) is 0 Å². The molecule has 1 aliphatic rings. The van der Waals surface area contributed by atoms with Crippen LogP contribution >= 0.6 is 0 Å². The molecule has 3 aromatic rings. The Hall–Kier alpha value is -3.24. The number of piperidine rings is 1. The molecule has 0 aliphatic carbocycles. The van der Waals surface area contributed by atoms with E-state index in [1.807, 2.05) is 30.3 Å². The van der Waals surface area contributed by atoms with Crippen molar-refractivity contribution in [2.24, 2.45) is 0 Å². The number of hydrogen-bond donors (Lipinski definition) is 1. The number of amides is 1. The molecule has 4 rings (SSSR count). The summed E-state index contributed by atoms with van der Waals surface area (Å²) in [6.45, 7) is 0.729. The lowest BCUT2D eigenvalue weighted by molar-refractivity contribution is -0.122. The lowest BCUT2D eigenvalue weighted by Gasteiger charge is -2.31. The topological polar surface area (TPSA) is 115 Å². The summed E-state index contributed by atoms with van der Waals surface area (Å²) in [5.74, 6) is 1.59. The Bertz CT molecular complexity index is 1190. The van der Waals surface area contributed by atoms with Crippen molar-refractivity contribution in [1.29, 1.82) is 0 Å². The van der Waals surface area contributed by atoms with E-state index in [0.717, 1.165) is 5.56 Å². The molecule has 34 heavy (non-hydrogen) atoms. The van der Waals surface area contributed by atoms with Gasteiger partial charge >= 0.3 is 0 Å². The van der Waals surface area contributed by atoms with Crippen molar-refractivity contribution in [3.8, 4) is 17.1 Å². The van der Waals surface area contributed by atoms with Gasteiger partial charge in [-0.05, 0) is 43.5 Å². The Balaban J connectivity index is 1.20. The number of ether oxygens (including phenoxy) is 1. The monoisotopic (exact) mass is 484 g/mol. The molecule has 1 aliphatic heterocycles. The molecule has 0 atom stereocenters. The molecular formula is C24H28N4O5S. The van der Waals surface area contributed by atoms with Crippen LogP contribution in [0.2, 0.25) is 0 Å². The molecule has 2 aromatic carbocycles. The predicted molar refractivity (Wildman–Crippen MR) is 126 cm³/mol. The summed E-state index contributed by atoms with van der Waals surface area (Å²) in [7, 11) is -2.02. The summed E-state index contributed by atoms with van der Waals surface area (Å²) in [5, 5.41) is 7.01. The maximum absolute atomic E-state index is 12.9. The molecule has 0 spiro atoms. The number of nitrogens with one attached hydrogen (secondary N) is 1. The first-order valence-corrected chi connectivity index (χ1v) is 12.7. The third-order valence-electron chi connectivity index (χ3n) is 5.81. The zero-order valence-electron chi connectivity index (χ0n) is 19.0. The second kappa shape index (κ2) is 10.8. The van der Waals surface area contributed by atoms with Crippen LogP contribution in [0.4, 0.5) is 0 Å². The minimum atomic E-state index is -3.56. The smallest absolute Gasteiger partial charge is 0.243 e. The lowest BCUT2D eigenvalue weighted by Crippen LogP contribution is -2.46. The number of methoxy groups -OCH3 is 1. The molecular weight excluding hydrogens is 456 g/mol. The highest BCUT2D eigenvalue weighted by atomic mass is 32.2. The highest BCUT2D eigenvalue weighted by Crippen LogP contribution is 2.23. The number of benzene rings is 2. The van der Waals surface area contributed by atoms with Crippen molar-refractivity contribution in [3.05, 3.63) is 60.5 Å². The van der Waals surface area contributed by atoms with Crippen LogP contribution in [-0.4, -0.2) is 55.0 Å². The second-order valence-electron chi connectivity index (χ2n) is 8.15. The highest BCUT2D eigenvalue weighted by molar-refractivity contribution is 7.89. The van der Waals surface area contributed by atoms with Crippen LogP contribution in [0.15, 0.2) is 64.0 Å². The third-order valence-corrected chi connectivity index (χ3v) is 7.72. The lowest BCUT2D eigenvalue weighted by atomic mass is 10.1. The number of rotatable bonds is 9. The quantitative estimate of drug-likeness (QED) is 0.496. The summed E-state index contributed by atoms with van der Waals surface area (Å²) < 4.78 is 37.6. The van der Waals surface area contributed by atoms with Crippen LogP contribution < -0.4 is 10.1 Å². The number of carbonyl (C=O) groups is 1. The number of aryl methyl sites for hydroxylation is 1. The molecule has 0 radical (unpaired) electrons. The van der Waals surface area contributed by atoms with Crippen molar-refractivity contribution >= 4 is 15.9 Å². The molecule has 1 saturated heterocycles. The van der Waals surface area contributed by atoms with Crippen molar-refractivity contribution in [2.45, 2.75) is 43.0 Å². The van der Waals surface area contributed by atoms with Gasteiger partial charge in [0.2, 0.25) is 27.6 Å². The SMILES string of the molecule is COc1ccc(S(=O)(=O)N2CCC(NC(=O)CCCc3nc(-c4ccccc4)no3)CC2)cc1. The van der Waals surface area contributed by atoms with Gasteiger partial charge in [-0.25, -0.2) is 8.42 Å². The first kappa shape index (κ1) is 23.9. The van der Waals surface area contributed by atoms with E-state index in [1.165, 1.54) is 11.4 Å². The van der Waals surface area contributed by atoms with E-state index in [1.54, 1.807) is 24.3 Å². The maximum Gasteiger partial charge on any atom is 0.243 e. The number of sulfonamides is 1. The summed E-state index contributed by atoms with van der Waals surface area (Å²) in [5.41, 5.74) is 0.885. The van der Waals surface area contributed by atoms with Gasteiger partial charge in [0.1, 0.15) is 5.75 Å². The number of aromatic nitrogens is 2. The zero-order chi connectivity index (χ0) is 24.0. The van der Waals surface area contributed by atoms with E-state index >= 15 is 0 Å². The van der Waals surface area contributed by atoms with Gasteiger partial charge < -0.3 is 14.6 Å². The van der Waals surface area contributed by atoms with Crippen LogP contribution in [0.5, 0.6) is 5.75 Å². The highest BCUT2D eigenvalue weighted by Gasteiger charge is 2.30. The number of nitrogens with zero attached hydrogens (tertiary/aromatic N) is 3. The van der Waals surface area contributed by atoms with Crippen molar-refractivity contribution < 1.29 is 22.5 Å². The van der Waals surface area contributed by atoms with E-state index in [9.17, 15) is 13.2 Å². The molecule has 1 aromatic heterocycles. The summed E-state index contributed by atoms with van der Waals surface area (Å²) in [4.78, 5) is 17.0. The minimum absolute atomic E-state index is 0.0390. The normalized spacial score (nSPS) is 15.2. The zero-order valence-corrected chi connectivity index (χ0v) is 19.8. The number of hydrogen-bond acceptors (Lipinski definition) is 7. The molecule has 1 amide bonds. The van der Waals surface area contributed by atoms with Gasteiger partial charge in [0, 0.05) is 37.5 Å². The van der Waals surface area contributed by atoms with Crippen LogP contribution in [0.1, 0.15) is 31.6 Å². The molecule has 0 bridgehead atoms. The Morgan fingerprint density at radius 3 is 2.50 bits per heavy atom. The largest absolute Gasteiger partial charge is 0.497 e. The third kappa shape index (κ3) is 5.81. The van der Waals surface area contributed by atoms with E-state index in [4.69, 9.17) is 9.26 Å². The molecule has 10 heteroatoms. The van der Waals surface area contributed by atoms with Crippen LogP contribution in [0.25, 0.3) is 11.4 Å². The molecule has 0 saturated carbocycles. The Morgan fingerprint density at radius 2 is 1.82 bits per heavy atom. The van der Waals surface area contributed by atoms with Gasteiger partial charge in [0.15, 0.2) is 0 Å². The van der Waals surface area contributed by atoms with Crippen LogP contribution in [0, 0.1) is 0 Å². The first-order chi connectivity index (χ1) is 16.5. The Kier molecular flexibility index (Phi) is 7.59. The van der Waals surface area contributed by atoms with Gasteiger partial charge in [0.25, 0.3) is 0 Å². The molecule has 9 nitrogen and oxygen atoms in total. The van der Waals surface area contributed by atoms with Gasteiger partial charge in [-0.15, -0.1) is 0 Å². The molecule has 180 valence electrons. The summed E-state index contributed by atoms with van der Waals surface area (Å²) in [6.07, 6.45) is 2.60. The summed E-state index contributed by atoms with van der Waals surface area (Å²) in [6, 6.07) is 15.9. The van der Waals surface area contributed by atoms with E-state index in [0.29, 0.717) is 62.7 Å². The Labute approximate surface area is 199 Å². The van der Waals surface area contributed by atoms with Gasteiger partial charge in [-0.3, -0.25) is 4.79 Å². The predicted octanol–water partition coefficient (Wildman–Crippen LogP) is 3.04. The van der Waals surface area contributed by atoms with Gasteiger partial charge in [0.05, 0.1) is 12.0 Å². The summed E-state index contributed by atoms with van der Waals surface area (Å²) >= 11 is 0. The average molecular weight is 485 g/mol. The fourth-order valence-corrected chi connectivity index (χ4v) is 5.37. The average Bonchev–Trinajstić information content (AvgIpc) is 3.34. The van der Waals surface area contributed by atoms with E-state index in [2.05, 4.69) is 15.5 Å². The van der Waals surface area contributed by atoms with Crippen molar-refractivity contribution in [1.82, 2.24) is 19.8 Å².